The van der Waals surface area contributed by atoms with E-state index in [0.717, 1.165) is 18.5 Å². The van der Waals surface area contributed by atoms with Gasteiger partial charge in [-0.1, -0.05) is 0 Å². The second-order valence-electron chi connectivity index (χ2n) is 6.70. The molecule has 0 amide bonds. The molecule has 3 heterocycles. The summed E-state index contributed by atoms with van der Waals surface area (Å²) in [6.07, 6.45) is 2.73. The van der Waals surface area contributed by atoms with E-state index in [2.05, 4.69) is 9.97 Å². The first-order chi connectivity index (χ1) is 13.4. The molecule has 28 heavy (non-hydrogen) atoms. The Hall–Kier alpha value is -3.33. The van der Waals surface area contributed by atoms with E-state index in [9.17, 15) is 19.1 Å². The number of carboxylic acid groups (broad SMARTS) is 1. The van der Waals surface area contributed by atoms with Crippen LogP contribution in [0.1, 0.15) is 16.8 Å². The van der Waals surface area contributed by atoms with Crippen LogP contribution in [0.4, 0.5) is 14.5 Å². The number of aromatic amines is 1. The van der Waals surface area contributed by atoms with Crippen LogP contribution in [-0.2, 0) is 0 Å². The largest absolute Gasteiger partial charge is 0.477 e. The number of benzene rings is 1. The molecule has 1 aliphatic heterocycles. The first-order valence-electron chi connectivity index (χ1n) is 8.60. The van der Waals surface area contributed by atoms with Gasteiger partial charge in [0.25, 0.3) is 0 Å². The van der Waals surface area contributed by atoms with Crippen LogP contribution >= 0.6 is 0 Å². The van der Waals surface area contributed by atoms with Crippen LogP contribution in [0.25, 0.3) is 22.2 Å². The molecule has 0 radical (unpaired) electrons. The molecule has 1 atom stereocenters. The number of hydrogen-bond donors (Lipinski definition) is 3. The lowest BCUT2D eigenvalue weighted by Crippen LogP contribution is -2.27. The predicted molar refractivity (Wildman–Crippen MR) is 99.5 cm³/mol. The fraction of sp³-hybridized carbons (Fsp3) is 0.211. The molecule has 4 rings (SSSR count). The fourth-order valence-electron chi connectivity index (χ4n) is 3.56. The molecule has 0 bridgehead atoms. The summed E-state index contributed by atoms with van der Waals surface area (Å²) in [5.41, 5.74) is 5.58. The summed E-state index contributed by atoms with van der Waals surface area (Å²) in [5.74, 6) is -2.67. The molecular weight excluding hydrogens is 370 g/mol. The van der Waals surface area contributed by atoms with Crippen LogP contribution in [0, 0.1) is 11.6 Å². The maximum Gasteiger partial charge on any atom is 0.341 e. The Morgan fingerprint density at radius 1 is 1.36 bits per heavy atom. The maximum atomic E-state index is 15.2. The van der Waals surface area contributed by atoms with Crippen LogP contribution in [-0.4, -0.2) is 40.2 Å². The molecule has 0 spiro atoms. The summed E-state index contributed by atoms with van der Waals surface area (Å²) in [6, 6.07) is 3.46. The molecular formula is C19H16F2N4O3. The number of anilines is 1. The number of halogens is 2. The van der Waals surface area contributed by atoms with Crippen LogP contribution in [0.5, 0.6) is 0 Å². The molecule has 1 saturated heterocycles. The van der Waals surface area contributed by atoms with Crippen molar-refractivity contribution >= 4 is 22.6 Å². The van der Waals surface area contributed by atoms with Crippen LogP contribution in [0.15, 0.2) is 35.4 Å². The van der Waals surface area contributed by atoms with E-state index in [1.165, 1.54) is 12.1 Å². The van der Waals surface area contributed by atoms with Crippen molar-refractivity contribution in [2.45, 2.75) is 12.5 Å². The van der Waals surface area contributed by atoms with Gasteiger partial charge in [0.15, 0.2) is 0 Å². The van der Waals surface area contributed by atoms with Crippen molar-refractivity contribution < 1.29 is 18.7 Å². The van der Waals surface area contributed by atoms with Gasteiger partial charge in [-0.3, -0.25) is 9.78 Å². The lowest BCUT2D eigenvalue weighted by atomic mass is 10.0. The van der Waals surface area contributed by atoms with Gasteiger partial charge in [0.1, 0.15) is 17.2 Å². The van der Waals surface area contributed by atoms with E-state index in [-0.39, 0.29) is 33.9 Å². The third kappa shape index (κ3) is 2.89. The molecule has 144 valence electrons. The van der Waals surface area contributed by atoms with Crippen molar-refractivity contribution in [2.75, 3.05) is 18.0 Å². The van der Waals surface area contributed by atoms with Gasteiger partial charge in [-0.2, -0.15) is 0 Å². The standard InChI is InChI=1S/C19H16F2N4O3/c20-9-1-2-14(23-6-9)15-16-11(18(26)12(7-24-16)19(27)28)5-13(21)17(15)25-4-3-10(22)8-25/h1-2,5-7,10H,3-4,8,22H2,(H,24,26)(H,27,28). The summed E-state index contributed by atoms with van der Waals surface area (Å²) in [6.45, 7) is 0.920. The number of aromatic nitrogens is 2. The normalized spacial score (nSPS) is 16.7. The fourth-order valence-corrected chi connectivity index (χ4v) is 3.56. The highest BCUT2D eigenvalue weighted by atomic mass is 19.1. The van der Waals surface area contributed by atoms with Gasteiger partial charge in [-0.15, -0.1) is 0 Å². The van der Waals surface area contributed by atoms with E-state index in [1.807, 2.05) is 0 Å². The van der Waals surface area contributed by atoms with E-state index in [1.54, 1.807) is 4.90 Å². The quantitative estimate of drug-likeness (QED) is 0.636. The van der Waals surface area contributed by atoms with Crippen molar-refractivity contribution in [3.63, 3.8) is 0 Å². The van der Waals surface area contributed by atoms with Crippen LogP contribution in [0.2, 0.25) is 0 Å². The molecule has 3 aromatic rings. The average molecular weight is 386 g/mol. The highest BCUT2D eigenvalue weighted by Crippen LogP contribution is 2.38. The highest BCUT2D eigenvalue weighted by Gasteiger charge is 2.28. The Balaban J connectivity index is 2.08. The second-order valence-corrected chi connectivity index (χ2v) is 6.70. The zero-order chi connectivity index (χ0) is 20.0. The molecule has 1 aliphatic rings. The lowest BCUT2D eigenvalue weighted by molar-refractivity contribution is 0.0695. The number of rotatable bonds is 3. The number of carbonyl (C=O) groups is 1. The van der Waals surface area contributed by atoms with Gasteiger partial charge in [0.05, 0.1) is 34.0 Å². The number of nitrogens with two attached hydrogens (primary N) is 1. The van der Waals surface area contributed by atoms with Crippen molar-refractivity contribution in [3.8, 4) is 11.3 Å². The molecule has 9 heteroatoms. The topological polar surface area (TPSA) is 112 Å². The number of nitrogens with one attached hydrogen (secondary N) is 1. The summed E-state index contributed by atoms with van der Waals surface area (Å²) >= 11 is 0. The lowest BCUT2D eigenvalue weighted by Gasteiger charge is -2.23. The number of H-pyrrole nitrogens is 1. The summed E-state index contributed by atoms with van der Waals surface area (Å²) in [4.78, 5) is 32.4. The summed E-state index contributed by atoms with van der Waals surface area (Å²) in [5, 5.41) is 9.06. The summed E-state index contributed by atoms with van der Waals surface area (Å²) in [7, 11) is 0. The second kappa shape index (κ2) is 6.68. The minimum Gasteiger partial charge on any atom is -0.477 e. The van der Waals surface area contributed by atoms with Gasteiger partial charge >= 0.3 is 5.97 Å². The number of aromatic carboxylic acids is 1. The molecule has 0 saturated carbocycles. The van der Waals surface area contributed by atoms with Crippen molar-refractivity contribution in [3.05, 3.63) is 58.0 Å². The molecule has 7 nitrogen and oxygen atoms in total. The Labute approximate surface area is 157 Å². The molecule has 1 aromatic carbocycles. The average Bonchev–Trinajstić information content (AvgIpc) is 3.08. The number of carboxylic acids is 1. The SMILES string of the molecule is NC1CCN(c2c(F)cc3c(=O)c(C(=O)O)c[nH]c3c2-c2ccc(F)cn2)C1. The maximum absolute atomic E-state index is 15.2. The van der Waals surface area contributed by atoms with Crippen molar-refractivity contribution in [2.24, 2.45) is 5.73 Å². The first kappa shape index (κ1) is 18.1. The van der Waals surface area contributed by atoms with Gasteiger partial charge in [-0.05, 0) is 24.6 Å². The number of nitrogens with zero attached hydrogens (tertiary/aromatic N) is 2. The zero-order valence-electron chi connectivity index (χ0n) is 14.6. The van der Waals surface area contributed by atoms with Gasteiger partial charge in [0.2, 0.25) is 5.43 Å². The molecule has 4 N–H and O–H groups in total. The smallest absolute Gasteiger partial charge is 0.341 e. The first-order valence-corrected chi connectivity index (χ1v) is 8.60. The van der Waals surface area contributed by atoms with Gasteiger partial charge in [0, 0.05) is 25.3 Å². The number of hydrogen-bond acceptors (Lipinski definition) is 5. The van der Waals surface area contributed by atoms with Crippen molar-refractivity contribution in [1.82, 2.24) is 9.97 Å². The predicted octanol–water partition coefficient (Wildman–Crippen LogP) is 2.10. The minimum absolute atomic E-state index is 0.120. The Morgan fingerprint density at radius 3 is 2.75 bits per heavy atom. The minimum atomic E-state index is -1.42. The Kier molecular flexibility index (Phi) is 4.31. The van der Waals surface area contributed by atoms with Crippen LogP contribution < -0.4 is 16.1 Å². The number of fused-ring (bicyclic) bond motifs is 1. The van der Waals surface area contributed by atoms with Gasteiger partial charge < -0.3 is 20.7 Å². The zero-order valence-corrected chi connectivity index (χ0v) is 14.6. The third-order valence-electron chi connectivity index (χ3n) is 4.86. The van der Waals surface area contributed by atoms with Crippen molar-refractivity contribution in [1.29, 1.82) is 0 Å². The van der Waals surface area contributed by atoms with E-state index in [4.69, 9.17) is 5.73 Å². The van der Waals surface area contributed by atoms with E-state index >= 15 is 4.39 Å². The Morgan fingerprint density at radius 2 is 2.14 bits per heavy atom. The van der Waals surface area contributed by atoms with E-state index < -0.39 is 28.6 Å². The molecule has 0 aliphatic carbocycles. The number of pyridine rings is 2. The highest BCUT2D eigenvalue weighted by molar-refractivity contribution is 6.02. The monoisotopic (exact) mass is 386 g/mol. The molecule has 1 unspecified atom stereocenters. The third-order valence-corrected chi connectivity index (χ3v) is 4.86. The molecule has 1 fully saturated rings. The van der Waals surface area contributed by atoms with Gasteiger partial charge in [-0.25, -0.2) is 13.6 Å². The Bertz CT molecular complexity index is 1140. The molecule has 2 aromatic heterocycles. The van der Waals surface area contributed by atoms with Crippen LogP contribution in [0.3, 0.4) is 0 Å². The van der Waals surface area contributed by atoms with E-state index in [0.29, 0.717) is 19.5 Å². The summed E-state index contributed by atoms with van der Waals surface area (Å²) < 4.78 is 28.5.